The van der Waals surface area contributed by atoms with Crippen LogP contribution in [0, 0.1) is 0 Å². The van der Waals surface area contributed by atoms with E-state index in [4.69, 9.17) is 14.9 Å². The van der Waals surface area contributed by atoms with Gasteiger partial charge in [0.2, 0.25) is 5.88 Å². The minimum Gasteiger partial charge on any atom is -0.478 e. The second kappa shape index (κ2) is 5.83. The molecule has 1 aliphatic heterocycles. The Morgan fingerprint density at radius 3 is 2.78 bits per heavy atom. The van der Waals surface area contributed by atoms with Crippen molar-refractivity contribution in [3.8, 4) is 5.88 Å². The van der Waals surface area contributed by atoms with Gasteiger partial charge in [0.25, 0.3) is 5.91 Å². The number of carbonyl (C=O) groups excluding carboxylic acids is 1. The van der Waals surface area contributed by atoms with Crippen LogP contribution < -0.4 is 4.74 Å². The Labute approximate surface area is 105 Å². The van der Waals surface area contributed by atoms with E-state index in [1.807, 2.05) is 0 Å². The minimum atomic E-state index is -0.302. The fourth-order valence-electron chi connectivity index (χ4n) is 1.89. The molecule has 1 aromatic heterocycles. The molecule has 0 saturated carbocycles. The Bertz CT molecular complexity index is 389. The molecule has 0 bridgehead atoms. The molecule has 0 fully saturated rings. The fourth-order valence-corrected chi connectivity index (χ4v) is 1.89. The van der Waals surface area contributed by atoms with Gasteiger partial charge in [-0.25, -0.2) is 4.68 Å². The normalized spacial score (nSPS) is 13.9. The van der Waals surface area contributed by atoms with Crippen LogP contribution in [-0.2, 0) is 6.54 Å². The Morgan fingerprint density at radius 1 is 1.44 bits per heavy atom. The molecule has 7 nitrogen and oxygen atoms in total. The molecule has 0 radical (unpaired) electrons. The van der Waals surface area contributed by atoms with E-state index in [2.05, 4.69) is 5.10 Å². The van der Waals surface area contributed by atoms with Gasteiger partial charge in [0.05, 0.1) is 19.8 Å². The first kappa shape index (κ1) is 12.8. The van der Waals surface area contributed by atoms with E-state index in [-0.39, 0.29) is 37.9 Å². The van der Waals surface area contributed by atoms with Crippen LogP contribution >= 0.6 is 0 Å². The van der Waals surface area contributed by atoms with Gasteiger partial charge in [-0.1, -0.05) is 0 Å². The largest absolute Gasteiger partial charge is 0.478 e. The summed E-state index contributed by atoms with van der Waals surface area (Å²) in [6.07, 6.45) is 0.874. The highest BCUT2D eigenvalue weighted by atomic mass is 16.5. The van der Waals surface area contributed by atoms with Gasteiger partial charge in [0.15, 0.2) is 5.69 Å². The van der Waals surface area contributed by atoms with Crippen LogP contribution in [0.2, 0.25) is 0 Å². The lowest BCUT2D eigenvalue weighted by molar-refractivity contribution is 0.0678. The molecular weight excluding hydrogens is 238 g/mol. The van der Waals surface area contributed by atoms with Gasteiger partial charge in [-0.15, -0.1) is 0 Å². The Kier molecular flexibility index (Phi) is 4.16. The molecule has 0 unspecified atom stereocenters. The lowest BCUT2D eigenvalue weighted by Gasteiger charge is -2.19. The highest BCUT2D eigenvalue weighted by Crippen LogP contribution is 2.19. The maximum atomic E-state index is 12.1. The molecular formula is C11H17N3O4. The highest BCUT2D eigenvalue weighted by molar-refractivity contribution is 5.92. The minimum absolute atomic E-state index is 0.143. The van der Waals surface area contributed by atoms with Gasteiger partial charge in [-0.3, -0.25) is 4.79 Å². The van der Waals surface area contributed by atoms with E-state index in [0.29, 0.717) is 12.5 Å². The molecule has 0 aromatic carbocycles. The number of hydrogen-bond acceptors (Lipinski definition) is 5. The van der Waals surface area contributed by atoms with Crippen LogP contribution in [0.5, 0.6) is 5.88 Å². The van der Waals surface area contributed by atoms with Gasteiger partial charge in [-0.2, -0.15) is 5.10 Å². The number of rotatable bonds is 5. The smallest absolute Gasteiger partial charge is 0.274 e. The van der Waals surface area contributed by atoms with Crippen molar-refractivity contribution in [2.24, 2.45) is 0 Å². The summed E-state index contributed by atoms with van der Waals surface area (Å²) in [5, 5.41) is 22.0. The maximum Gasteiger partial charge on any atom is 0.274 e. The standard InChI is InChI=1S/C11H17N3O4/c15-5-3-13(4-6-16)11(17)9-8-10-14(12-9)2-1-7-18-10/h8,15-16H,1-7H2. The molecule has 7 heteroatoms. The predicted molar refractivity (Wildman–Crippen MR) is 62.4 cm³/mol. The van der Waals surface area contributed by atoms with Crippen molar-refractivity contribution < 1.29 is 19.7 Å². The van der Waals surface area contributed by atoms with Crippen LogP contribution in [0.3, 0.4) is 0 Å². The number of aryl methyl sites for hydroxylation is 1. The second-order valence-electron chi connectivity index (χ2n) is 4.03. The summed E-state index contributed by atoms with van der Waals surface area (Å²) in [5.74, 6) is 0.293. The zero-order chi connectivity index (χ0) is 13.0. The van der Waals surface area contributed by atoms with E-state index in [9.17, 15) is 4.79 Å². The van der Waals surface area contributed by atoms with Gasteiger partial charge >= 0.3 is 0 Å². The molecule has 1 aromatic rings. The predicted octanol–water partition coefficient (Wildman–Crippen LogP) is -0.908. The van der Waals surface area contributed by atoms with Crippen molar-refractivity contribution >= 4 is 5.91 Å². The summed E-state index contributed by atoms with van der Waals surface area (Å²) in [5.41, 5.74) is 0.286. The molecule has 2 rings (SSSR count). The molecule has 18 heavy (non-hydrogen) atoms. The first-order valence-corrected chi connectivity index (χ1v) is 5.98. The number of nitrogens with zero attached hydrogens (tertiary/aromatic N) is 3. The molecule has 1 aliphatic rings. The zero-order valence-corrected chi connectivity index (χ0v) is 10.1. The molecule has 0 saturated heterocycles. The number of amides is 1. The third-order valence-electron chi connectivity index (χ3n) is 2.75. The summed E-state index contributed by atoms with van der Waals surface area (Å²) in [7, 11) is 0. The van der Waals surface area contributed by atoms with Crippen LogP contribution in [0.1, 0.15) is 16.9 Å². The number of aliphatic hydroxyl groups excluding tert-OH is 2. The Hall–Kier alpha value is -1.60. The molecule has 0 atom stereocenters. The topological polar surface area (TPSA) is 87.8 Å². The number of aliphatic hydroxyl groups is 2. The van der Waals surface area contributed by atoms with Crippen molar-refractivity contribution in [3.63, 3.8) is 0 Å². The van der Waals surface area contributed by atoms with Crippen LogP contribution in [0.15, 0.2) is 6.07 Å². The van der Waals surface area contributed by atoms with Crippen LogP contribution in [0.4, 0.5) is 0 Å². The third kappa shape index (κ3) is 2.62. The monoisotopic (exact) mass is 255 g/mol. The molecule has 0 aliphatic carbocycles. The van der Waals surface area contributed by atoms with E-state index < -0.39 is 0 Å². The van der Waals surface area contributed by atoms with Crippen molar-refractivity contribution in [2.75, 3.05) is 32.9 Å². The summed E-state index contributed by atoms with van der Waals surface area (Å²) < 4.78 is 7.04. The molecule has 2 N–H and O–H groups in total. The second-order valence-corrected chi connectivity index (χ2v) is 4.03. The molecule has 2 heterocycles. The third-order valence-corrected chi connectivity index (χ3v) is 2.75. The Balaban J connectivity index is 2.13. The van der Waals surface area contributed by atoms with Crippen LogP contribution in [-0.4, -0.2) is 63.7 Å². The lowest BCUT2D eigenvalue weighted by atomic mass is 10.3. The van der Waals surface area contributed by atoms with E-state index in [0.717, 1.165) is 13.0 Å². The van der Waals surface area contributed by atoms with E-state index in [1.165, 1.54) is 4.90 Å². The first-order chi connectivity index (χ1) is 8.76. The summed E-state index contributed by atoms with van der Waals surface area (Å²) in [4.78, 5) is 13.5. The number of fused-ring (bicyclic) bond motifs is 1. The quantitative estimate of drug-likeness (QED) is 0.711. The van der Waals surface area contributed by atoms with E-state index >= 15 is 0 Å². The van der Waals surface area contributed by atoms with Crippen molar-refractivity contribution in [2.45, 2.75) is 13.0 Å². The molecule has 0 spiro atoms. The molecule has 100 valence electrons. The summed E-state index contributed by atoms with van der Waals surface area (Å²) in [6.45, 7) is 1.45. The maximum absolute atomic E-state index is 12.1. The summed E-state index contributed by atoms with van der Waals surface area (Å²) in [6, 6.07) is 1.60. The molecule has 1 amide bonds. The van der Waals surface area contributed by atoms with Gasteiger partial charge in [0, 0.05) is 32.1 Å². The van der Waals surface area contributed by atoms with Crippen molar-refractivity contribution in [3.05, 3.63) is 11.8 Å². The first-order valence-electron chi connectivity index (χ1n) is 5.98. The Morgan fingerprint density at radius 2 is 2.17 bits per heavy atom. The van der Waals surface area contributed by atoms with Crippen molar-refractivity contribution in [1.29, 1.82) is 0 Å². The highest BCUT2D eigenvalue weighted by Gasteiger charge is 2.21. The van der Waals surface area contributed by atoms with E-state index in [1.54, 1.807) is 10.7 Å². The average Bonchev–Trinajstić information content (AvgIpc) is 2.81. The average molecular weight is 255 g/mol. The van der Waals surface area contributed by atoms with Crippen LogP contribution in [0.25, 0.3) is 0 Å². The summed E-state index contributed by atoms with van der Waals surface area (Å²) >= 11 is 0. The van der Waals surface area contributed by atoms with Crippen molar-refractivity contribution in [1.82, 2.24) is 14.7 Å². The zero-order valence-electron chi connectivity index (χ0n) is 10.1. The van der Waals surface area contributed by atoms with Gasteiger partial charge in [0.1, 0.15) is 0 Å². The number of carbonyl (C=O) groups is 1. The lowest BCUT2D eigenvalue weighted by Crippen LogP contribution is -2.36. The SMILES string of the molecule is O=C(c1cc2n(n1)CCCO2)N(CCO)CCO. The number of ether oxygens (including phenoxy) is 1. The number of aromatic nitrogens is 2. The van der Waals surface area contributed by atoms with Gasteiger partial charge in [-0.05, 0) is 0 Å². The number of hydrogen-bond donors (Lipinski definition) is 2. The van der Waals surface area contributed by atoms with Gasteiger partial charge < -0.3 is 19.8 Å². The fraction of sp³-hybridized carbons (Fsp3) is 0.636.